The van der Waals surface area contributed by atoms with Gasteiger partial charge in [-0.05, 0) is 0 Å². The molecule has 0 saturated carbocycles. The SMILES string of the molecule is CN1C[C@@H](O)N(c2nnc(C(C)(C)C)s2)C1=O. The van der Waals surface area contributed by atoms with E-state index in [0.29, 0.717) is 11.7 Å². The molecule has 0 aliphatic carbocycles. The molecule has 2 heterocycles. The van der Waals surface area contributed by atoms with Crippen molar-refractivity contribution in [2.24, 2.45) is 0 Å². The molecule has 2 rings (SSSR count). The molecule has 1 aromatic rings. The zero-order chi connectivity index (χ0) is 12.8. The summed E-state index contributed by atoms with van der Waals surface area (Å²) >= 11 is 1.34. The number of aliphatic hydroxyl groups excluding tert-OH is 1. The highest BCUT2D eigenvalue weighted by atomic mass is 32.1. The van der Waals surface area contributed by atoms with Crippen molar-refractivity contribution in [3.05, 3.63) is 5.01 Å². The number of urea groups is 1. The van der Waals surface area contributed by atoms with Gasteiger partial charge in [-0.25, -0.2) is 9.69 Å². The van der Waals surface area contributed by atoms with Gasteiger partial charge in [0, 0.05) is 12.5 Å². The minimum atomic E-state index is -0.840. The summed E-state index contributed by atoms with van der Waals surface area (Å²) in [5.74, 6) is 0. The third-order valence-electron chi connectivity index (χ3n) is 2.53. The van der Waals surface area contributed by atoms with Crippen LogP contribution in [0.2, 0.25) is 0 Å². The smallest absolute Gasteiger partial charge is 0.328 e. The standard InChI is InChI=1S/C10H16N4O2S/c1-10(2,3)7-11-12-8(17-7)14-6(15)5-13(4)9(14)16/h6,15H,5H2,1-4H3/t6-/m1/s1. The Kier molecular flexibility index (Phi) is 2.82. The van der Waals surface area contributed by atoms with Crippen LogP contribution in [0.5, 0.6) is 0 Å². The quantitative estimate of drug-likeness (QED) is 0.814. The lowest BCUT2D eigenvalue weighted by Crippen LogP contribution is -2.34. The molecule has 0 unspecified atom stereocenters. The fourth-order valence-electron chi connectivity index (χ4n) is 1.54. The molecule has 1 aliphatic heterocycles. The van der Waals surface area contributed by atoms with Crippen LogP contribution in [-0.2, 0) is 5.41 Å². The van der Waals surface area contributed by atoms with Gasteiger partial charge in [0.25, 0.3) is 0 Å². The third-order valence-corrected chi connectivity index (χ3v) is 3.88. The largest absolute Gasteiger partial charge is 0.371 e. The molecule has 2 amide bonds. The van der Waals surface area contributed by atoms with Gasteiger partial charge in [-0.3, -0.25) is 0 Å². The fourth-order valence-corrected chi connectivity index (χ4v) is 2.48. The van der Waals surface area contributed by atoms with E-state index in [-0.39, 0.29) is 11.4 Å². The number of rotatable bonds is 1. The first-order valence-electron chi connectivity index (χ1n) is 5.37. The lowest BCUT2D eigenvalue weighted by Gasteiger charge is -2.15. The molecule has 94 valence electrons. The van der Waals surface area contributed by atoms with Gasteiger partial charge in [0.1, 0.15) is 5.01 Å². The lowest BCUT2D eigenvalue weighted by molar-refractivity contribution is 0.183. The molecule has 1 atom stereocenters. The van der Waals surface area contributed by atoms with E-state index in [4.69, 9.17) is 0 Å². The summed E-state index contributed by atoms with van der Waals surface area (Å²) in [5.41, 5.74) is -0.102. The van der Waals surface area contributed by atoms with Crippen molar-refractivity contribution in [2.45, 2.75) is 32.4 Å². The molecule has 0 aromatic carbocycles. The summed E-state index contributed by atoms with van der Waals surface area (Å²) in [5, 5.41) is 19.2. The van der Waals surface area contributed by atoms with Crippen LogP contribution in [0.3, 0.4) is 0 Å². The van der Waals surface area contributed by atoms with Gasteiger partial charge in [-0.15, -0.1) is 10.2 Å². The second kappa shape index (κ2) is 3.92. The van der Waals surface area contributed by atoms with Crippen LogP contribution in [0.4, 0.5) is 9.93 Å². The highest BCUT2D eigenvalue weighted by molar-refractivity contribution is 7.15. The topological polar surface area (TPSA) is 69.6 Å². The predicted octanol–water partition coefficient (Wildman–Crippen LogP) is 1.03. The Hall–Kier alpha value is -1.21. The van der Waals surface area contributed by atoms with Crippen LogP contribution in [0.25, 0.3) is 0 Å². The number of carbonyl (C=O) groups excluding carboxylic acids is 1. The fraction of sp³-hybridized carbons (Fsp3) is 0.700. The maximum absolute atomic E-state index is 11.8. The van der Waals surface area contributed by atoms with E-state index >= 15 is 0 Å². The van der Waals surface area contributed by atoms with Crippen molar-refractivity contribution in [3.63, 3.8) is 0 Å². The average Bonchev–Trinajstić information content (AvgIpc) is 2.73. The molecule has 1 fully saturated rings. The maximum atomic E-state index is 11.8. The molecule has 0 radical (unpaired) electrons. The predicted molar refractivity (Wildman–Crippen MR) is 65.1 cm³/mol. The number of anilines is 1. The molecule has 1 aliphatic rings. The second-order valence-electron chi connectivity index (χ2n) is 5.15. The zero-order valence-electron chi connectivity index (χ0n) is 10.3. The molecule has 6 nitrogen and oxygen atoms in total. The van der Waals surface area contributed by atoms with E-state index in [1.165, 1.54) is 21.1 Å². The number of likely N-dealkylation sites (N-methyl/N-ethyl adjacent to an activating group) is 1. The molecule has 0 spiro atoms. The summed E-state index contributed by atoms with van der Waals surface area (Å²) in [4.78, 5) is 14.6. The lowest BCUT2D eigenvalue weighted by atomic mass is 9.98. The Bertz CT molecular complexity index is 440. The summed E-state index contributed by atoms with van der Waals surface area (Å²) in [7, 11) is 1.65. The molecule has 17 heavy (non-hydrogen) atoms. The van der Waals surface area contributed by atoms with Gasteiger partial charge in [0.05, 0.1) is 6.54 Å². The Labute approximate surface area is 104 Å². The zero-order valence-corrected chi connectivity index (χ0v) is 11.2. The van der Waals surface area contributed by atoms with Crippen LogP contribution < -0.4 is 4.90 Å². The van der Waals surface area contributed by atoms with Crippen LogP contribution in [0.1, 0.15) is 25.8 Å². The summed E-state index contributed by atoms with van der Waals surface area (Å²) < 4.78 is 0. The maximum Gasteiger partial charge on any atom is 0.328 e. The number of hydrogen-bond donors (Lipinski definition) is 1. The number of aliphatic hydroxyl groups is 1. The van der Waals surface area contributed by atoms with Gasteiger partial charge in [0.15, 0.2) is 6.23 Å². The van der Waals surface area contributed by atoms with Gasteiger partial charge in [-0.2, -0.15) is 0 Å². The molecule has 0 bridgehead atoms. The first kappa shape index (κ1) is 12.3. The molecular formula is C10H16N4O2S. The number of β-amino-alcohol motifs (C(OH)–C–C–N with tert-alkyl or cyclic N) is 1. The number of nitrogens with zero attached hydrogens (tertiary/aromatic N) is 4. The van der Waals surface area contributed by atoms with Crippen molar-refractivity contribution in [1.82, 2.24) is 15.1 Å². The van der Waals surface area contributed by atoms with Crippen molar-refractivity contribution < 1.29 is 9.90 Å². The summed E-state index contributed by atoms with van der Waals surface area (Å²) in [6.07, 6.45) is -0.840. The van der Waals surface area contributed by atoms with Crippen LogP contribution in [0.15, 0.2) is 0 Å². The highest BCUT2D eigenvalue weighted by Crippen LogP contribution is 2.32. The van der Waals surface area contributed by atoms with Gasteiger partial charge in [-0.1, -0.05) is 32.1 Å². The monoisotopic (exact) mass is 256 g/mol. The highest BCUT2D eigenvalue weighted by Gasteiger charge is 2.37. The molecular weight excluding hydrogens is 240 g/mol. The minimum absolute atomic E-state index is 0.102. The number of amides is 2. The Morgan fingerprint density at radius 1 is 1.41 bits per heavy atom. The first-order valence-corrected chi connectivity index (χ1v) is 6.18. The van der Waals surface area contributed by atoms with E-state index in [2.05, 4.69) is 10.2 Å². The van der Waals surface area contributed by atoms with Gasteiger partial charge >= 0.3 is 6.03 Å². The first-order chi connectivity index (χ1) is 7.80. The Morgan fingerprint density at radius 3 is 2.47 bits per heavy atom. The summed E-state index contributed by atoms with van der Waals surface area (Å²) in [6, 6.07) is -0.242. The second-order valence-corrected chi connectivity index (χ2v) is 6.11. The Balaban J connectivity index is 2.29. The van der Waals surface area contributed by atoms with E-state index in [1.54, 1.807) is 7.05 Å². The van der Waals surface area contributed by atoms with Gasteiger partial charge < -0.3 is 10.0 Å². The van der Waals surface area contributed by atoms with Crippen molar-refractivity contribution in [2.75, 3.05) is 18.5 Å². The minimum Gasteiger partial charge on any atom is -0.371 e. The Morgan fingerprint density at radius 2 is 2.06 bits per heavy atom. The molecule has 7 heteroatoms. The van der Waals surface area contributed by atoms with E-state index in [9.17, 15) is 9.90 Å². The molecule has 1 saturated heterocycles. The third kappa shape index (κ3) is 2.12. The van der Waals surface area contributed by atoms with Crippen LogP contribution >= 0.6 is 11.3 Å². The van der Waals surface area contributed by atoms with E-state index in [1.807, 2.05) is 20.8 Å². The molecule has 1 N–H and O–H groups in total. The van der Waals surface area contributed by atoms with Crippen molar-refractivity contribution in [1.29, 1.82) is 0 Å². The number of aromatic nitrogens is 2. The molecule has 1 aromatic heterocycles. The summed E-state index contributed by atoms with van der Waals surface area (Å²) in [6.45, 7) is 6.40. The number of carbonyl (C=O) groups is 1. The normalized spacial score (nSPS) is 21.5. The van der Waals surface area contributed by atoms with Crippen LogP contribution in [-0.4, -0.2) is 46.1 Å². The van der Waals surface area contributed by atoms with E-state index in [0.717, 1.165) is 5.01 Å². The van der Waals surface area contributed by atoms with Gasteiger partial charge in [0.2, 0.25) is 5.13 Å². The van der Waals surface area contributed by atoms with Crippen molar-refractivity contribution in [3.8, 4) is 0 Å². The van der Waals surface area contributed by atoms with Crippen LogP contribution in [0, 0.1) is 0 Å². The average molecular weight is 256 g/mol. The van der Waals surface area contributed by atoms with E-state index < -0.39 is 6.23 Å². The number of hydrogen-bond acceptors (Lipinski definition) is 5. The van der Waals surface area contributed by atoms with Crippen molar-refractivity contribution >= 4 is 22.5 Å².